The van der Waals surface area contributed by atoms with Crippen molar-refractivity contribution >= 4 is 26.9 Å². The Morgan fingerprint density at radius 1 is 1.35 bits per heavy atom. The van der Waals surface area contributed by atoms with E-state index in [1.165, 1.54) is 0 Å². The van der Waals surface area contributed by atoms with Crippen molar-refractivity contribution in [2.24, 2.45) is 0 Å². The molecule has 0 aromatic heterocycles. The number of benzene rings is 1. The third-order valence-electron chi connectivity index (χ3n) is 3.04. The standard InChI is InChI=1S/C15H24BrNO2S/c1-11(18)10-15(5,17-20(19)14(2,3)4)12-7-6-8-13(16)9-12/h6-9,11,17-18H,10H2,1-5H3/t11-,15?,20+/m0/s1. The quantitative estimate of drug-likeness (QED) is 0.843. The first-order valence-electron chi connectivity index (χ1n) is 6.68. The van der Waals surface area contributed by atoms with Crippen LogP contribution in [0.1, 0.15) is 46.6 Å². The van der Waals surface area contributed by atoms with E-state index in [1.54, 1.807) is 6.92 Å². The van der Waals surface area contributed by atoms with Gasteiger partial charge in [-0.3, -0.25) is 0 Å². The lowest BCUT2D eigenvalue weighted by atomic mass is 9.88. The molecule has 0 saturated heterocycles. The molecule has 2 N–H and O–H groups in total. The van der Waals surface area contributed by atoms with Crippen LogP contribution in [0.2, 0.25) is 0 Å². The molecule has 0 fully saturated rings. The average Bonchev–Trinajstić information content (AvgIpc) is 2.26. The number of aliphatic hydroxyl groups is 1. The fraction of sp³-hybridized carbons (Fsp3) is 0.600. The summed E-state index contributed by atoms with van der Waals surface area (Å²) in [5.41, 5.74) is 0.459. The van der Waals surface area contributed by atoms with Gasteiger partial charge in [-0.15, -0.1) is 0 Å². The Morgan fingerprint density at radius 3 is 2.40 bits per heavy atom. The first-order chi connectivity index (χ1) is 9.04. The predicted octanol–water partition coefficient (Wildman–Crippen LogP) is 3.49. The second-order valence-electron chi connectivity index (χ2n) is 6.38. The number of nitrogens with one attached hydrogen (secondary N) is 1. The summed E-state index contributed by atoms with van der Waals surface area (Å²) < 4.78 is 16.2. The second-order valence-corrected chi connectivity index (χ2v) is 9.26. The van der Waals surface area contributed by atoms with Crippen LogP contribution in [0.5, 0.6) is 0 Å². The molecule has 0 saturated carbocycles. The zero-order valence-electron chi connectivity index (χ0n) is 12.7. The van der Waals surface area contributed by atoms with E-state index in [0.717, 1.165) is 10.0 Å². The fourth-order valence-electron chi connectivity index (χ4n) is 2.00. The van der Waals surface area contributed by atoms with Crippen LogP contribution in [-0.2, 0) is 16.5 Å². The van der Waals surface area contributed by atoms with Crippen molar-refractivity contribution in [2.75, 3.05) is 0 Å². The van der Waals surface area contributed by atoms with E-state index in [-0.39, 0.29) is 4.75 Å². The monoisotopic (exact) mass is 361 g/mol. The van der Waals surface area contributed by atoms with Crippen molar-refractivity contribution in [1.29, 1.82) is 0 Å². The first kappa shape index (κ1) is 17.8. The van der Waals surface area contributed by atoms with Crippen molar-refractivity contribution in [3.63, 3.8) is 0 Å². The Morgan fingerprint density at radius 2 is 1.95 bits per heavy atom. The fourth-order valence-corrected chi connectivity index (χ4v) is 3.31. The van der Waals surface area contributed by atoms with Crippen molar-refractivity contribution in [2.45, 2.75) is 57.4 Å². The third kappa shape index (κ3) is 4.95. The summed E-state index contributed by atoms with van der Waals surface area (Å²) in [7, 11) is -1.21. The summed E-state index contributed by atoms with van der Waals surface area (Å²) >= 11 is 3.46. The average molecular weight is 362 g/mol. The highest BCUT2D eigenvalue weighted by Gasteiger charge is 2.33. The van der Waals surface area contributed by atoms with E-state index in [4.69, 9.17) is 0 Å². The maximum absolute atomic E-state index is 12.4. The van der Waals surface area contributed by atoms with E-state index in [9.17, 15) is 9.32 Å². The van der Waals surface area contributed by atoms with Gasteiger partial charge in [-0.25, -0.2) is 8.93 Å². The van der Waals surface area contributed by atoms with Crippen LogP contribution in [0.25, 0.3) is 0 Å². The van der Waals surface area contributed by atoms with Crippen LogP contribution in [0.3, 0.4) is 0 Å². The van der Waals surface area contributed by atoms with Crippen LogP contribution in [0, 0.1) is 0 Å². The summed E-state index contributed by atoms with van der Waals surface area (Å²) in [6.45, 7) is 9.52. The van der Waals surface area contributed by atoms with Crippen LogP contribution in [-0.4, -0.2) is 20.2 Å². The molecule has 0 radical (unpaired) electrons. The summed E-state index contributed by atoms with van der Waals surface area (Å²) in [6, 6.07) is 7.88. The SMILES string of the molecule is C[C@H](O)CC(C)(N[S@](=O)C(C)(C)C)c1cccc(Br)c1. The summed E-state index contributed by atoms with van der Waals surface area (Å²) in [4.78, 5) is 0. The van der Waals surface area contributed by atoms with E-state index in [0.29, 0.717) is 6.42 Å². The molecule has 0 aliphatic heterocycles. The Hall–Kier alpha value is -0.230. The van der Waals surface area contributed by atoms with Crippen LogP contribution >= 0.6 is 15.9 Å². The number of halogens is 1. The molecule has 0 bridgehead atoms. The molecule has 114 valence electrons. The van der Waals surface area contributed by atoms with Crippen molar-refractivity contribution in [1.82, 2.24) is 4.72 Å². The van der Waals surface area contributed by atoms with Gasteiger partial charge in [0.05, 0.1) is 27.4 Å². The molecular formula is C15H24BrNO2S. The van der Waals surface area contributed by atoms with Gasteiger partial charge in [-0.05, 0) is 58.7 Å². The molecule has 0 spiro atoms. The van der Waals surface area contributed by atoms with Gasteiger partial charge in [0.2, 0.25) is 0 Å². The highest BCUT2D eigenvalue weighted by molar-refractivity contribution is 9.10. The summed E-state index contributed by atoms with van der Waals surface area (Å²) in [6.07, 6.45) is 0.00843. The normalized spacial score (nSPS) is 18.4. The Balaban J connectivity index is 3.13. The van der Waals surface area contributed by atoms with Crippen LogP contribution in [0.15, 0.2) is 28.7 Å². The van der Waals surface area contributed by atoms with Crippen molar-refractivity contribution in [3.05, 3.63) is 34.3 Å². The molecule has 5 heteroatoms. The zero-order chi connectivity index (χ0) is 15.6. The van der Waals surface area contributed by atoms with Crippen LogP contribution in [0.4, 0.5) is 0 Å². The molecule has 1 aromatic rings. The van der Waals surface area contributed by atoms with Gasteiger partial charge in [0.15, 0.2) is 0 Å². The van der Waals surface area contributed by atoms with Gasteiger partial charge in [-0.2, -0.15) is 0 Å². The second kappa shape index (κ2) is 6.69. The molecule has 1 rings (SSSR count). The lowest BCUT2D eigenvalue weighted by Crippen LogP contribution is -2.47. The molecule has 0 amide bonds. The van der Waals surface area contributed by atoms with E-state index >= 15 is 0 Å². The smallest absolute Gasteiger partial charge is 0.0978 e. The zero-order valence-corrected chi connectivity index (χ0v) is 15.1. The minimum absolute atomic E-state index is 0.355. The minimum Gasteiger partial charge on any atom is -0.393 e. The number of hydrogen-bond acceptors (Lipinski definition) is 2. The Kier molecular flexibility index (Phi) is 5.96. The molecule has 0 aliphatic carbocycles. The molecular weight excluding hydrogens is 338 g/mol. The van der Waals surface area contributed by atoms with E-state index in [2.05, 4.69) is 20.7 Å². The van der Waals surface area contributed by atoms with Gasteiger partial charge < -0.3 is 5.11 Å². The lowest BCUT2D eigenvalue weighted by molar-refractivity contribution is 0.148. The van der Waals surface area contributed by atoms with Gasteiger partial charge >= 0.3 is 0 Å². The number of rotatable bonds is 5. The van der Waals surface area contributed by atoms with Gasteiger partial charge in [0.1, 0.15) is 0 Å². The maximum Gasteiger partial charge on any atom is 0.0978 e. The van der Waals surface area contributed by atoms with Crippen molar-refractivity contribution < 1.29 is 9.32 Å². The summed E-state index contributed by atoms with van der Waals surface area (Å²) in [5.74, 6) is 0. The topological polar surface area (TPSA) is 49.3 Å². The highest BCUT2D eigenvalue weighted by Crippen LogP contribution is 2.30. The summed E-state index contributed by atoms with van der Waals surface area (Å²) in [5, 5.41) is 9.78. The molecule has 1 unspecified atom stereocenters. The molecule has 1 aromatic carbocycles. The lowest BCUT2D eigenvalue weighted by Gasteiger charge is -2.35. The molecule has 20 heavy (non-hydrogen) atoms. The first-order valence-corrected chi connectivity index (χ1v) is 8.63. The van der Waals surface area contributed by atoms with Gasteiger partial charge in [0, 0.05) is 4.47 Å². The third-order valence-corrected chi connectivity index (χ3v) is 5.28. The Labute approximate surface area is 132 Å². The predicted molar refractivity (Wildman–Crippen MR) is 88.8 cm³/mol. The van der Waals surface area contributed by atoms with Crippen molar-refractivity contribution in [3.8, 4) is 0 Å². The Bertz CT molecular complexity index is 485. The molecule has 0 heterocycles. The van der Waals surface area contributed by atoms with Crippen LogP contribution < -0.4 is 4.72 Å². The molecule has 3 atom stereocenters. The van der Waals surface area contributed by atoms with E-state index in [1.807, 2.05) is 52.0 Å². The number of hydrogen-bond donors (Lipinski definition) is 2. The van der Waals surface area contributed by atoms with E-state index < -0.39 is 22.6 Å². The minimum atomic E-state index is -1.21. The molecule has 3 nitrogen and oxygen atoms in total. The van der Waals surface area contributed by atoms with Gasteiger partial charge in [-0.1, -0.05) is 28.1 Å². The number of aliphatic hydroxyl groups excluding tert-OH is 1. The maximum atomic E-state index is 12.4. The molecule has 0 aliphatic rings. The largest absolute Gasteiger partial charge is 0.393 e. The van der Waals surface area contributed by atoms with Gasteiger partial charge in [0.25, 0.3) is 0 Å². The highest BCUT2D eigenvalue weighted by atomic mass is 79.9.